The van der Waals surface area contributed by atoms with Crippen LogP contribution >= 0.6 is 0 Å². The number of anilines is 1. The first-order valence-electron chi connectivity index (χ1n) is 4.29. The van der Waals surface area contributed by atoms with Crippen molar-refractivity contribution in [1.82, 2.24) is 0 Å². The molecule has 0 aromatic heterocycles. The van der Waals surface area contributed by atoms with Crippen LogP contribution in [0.4, 0.5) is 5.69 Å². The minimum absolute atomic E-state index is 0.370. The molecule has 0 aliphatic rings. The van der Waals surface area contributed by atoms with E-state index < -0.39 is 25.0 Å². The van der Waals surface area contributed by atoms with E-state index in [1.807, 2.05) is 24.3 Å². The molecule has 1 aromatic rings. The minimum atomic E-state index is -1.50. The number of rotatable bonds is 4. The van der Waals surface area contributed by atoms with E-state index in [1.165, 1.54) is 3.07 Å². The number of aliphatic hydroxyl groups excluding tert-OH is 1. The Hall–Kier alpha value is -0.125. The zero-order chi connectivity index (χ0) is 9.68. The molecule has 0 aliphatic carbocycles. The fraction of sp³-hybridized carbons (Fsp3) is 0.333. The van der Waals surface area contributed by atoms with Gasteiger partial charge in [0.2, 0.25) is 0 Å². The summed E-state index contributed by atoms with van der Waals surface area (Å²) in [5.41, 5.74) is 6.58. The quantitative estimate of drug-likeness (QED) is 0.594. The zero-order valence-electron chi connectivity index (χ0n) is 7.73. The van der Waals surface area contributed by atoms with Gasteiger partial charge < -0.3 is 0 Å². The maximum atomic E-state index is 8.98. The molecule has 13 heavy (non-hydrogen) atoms. The van der Waals surface area contributed by atoms with Crippen molar-refractivity contribution in [2.24, 2.45) is 0 Å². The molecule has 0 spiro atoms. The molecule has 1 atom stereocenters. The van der Waals surface area contributed by atoms with Crippen LogP contribution in [0.15, 0.2) is 24.3 Å². The average molecular weight is 368 g/mol. The summed E-state index contributed by atoms with van der Waals surface area (Å²) in [6, 6.07) is 7.79. The summed E-state index contributed by atoms with van der Waals surface area (Å²) in [6.07, 6.45) is -0.370. The van der Waals surface area contributed by atoms with Gasteiger partial charge in [0.25, 0.3) is 0 Å². The van der Waals surface area contributed by atoms with Gasteiger partial charge in [-0.3, -0.25) is 0 Å². The number of nitrogens with two attached hydrogens (primary N) is 1. The Balaban J connectivity index is 2.41. The molecule has 68 valence electrons. The van der Waals surface area contributed by atoms with Crippen molar-refractivity contribution in [2.75, 3.05) is 12.3 Å². The fourth-order valence-corrected chi connectivity index (χ4v) is 5.65. The summed E-state index contributed by atoms with van der Waals surface area (Å²) in [7, 11) is 0. The molecule has 0 radical (unpaired) electrons. The van der Waals surface area contributed by atoms with Crippen LogP contribution in [0.25, 0.3) is 0 Å². The third kappa shape index (κ3) is 4.07. The van der Waals surface area contributed by atoms with E-state index in [-0.39, 0.29) is 6.10 Å². The molecule has 0 aliphatic heterocycles. The summed E-state index contributed by atoms with van der Waals surface area (Å²) in [6.45, 7) is 2.16. The molecule has 0 saturated carbocycles. The standard InChI is InChI=1S/C6H6N.C3H7O2.Hg/c7-6-4-2-1-3-5-6;1-3(5)2-4;/h1-4H,7H2;3,5H,2H2,1H3;/q;-1;+1. The second-order valence-electron chi connectivity index (χ2n) is 3.06. The number of benzene rings is 1. The van der Waals surface area contributed by atoms with Crippen LogP contribution < -0.4 is 8.81 Å². The molecule has 0 heterocycles. The van der Waals surface area contributed by atoms with E-state index in [9.17, 15) is 0 Å². The van der Waals surface area contributed by atoms with Gasteiger partial charge in [-0.05, 0) is 0 Å². The van der Waals surface area contributed by atoms with Gasteiger partial charge in [-0.25, -0.2) is 0 Å². The SMILES string of the molecule is CC(O)C[O][Hg][c]1ccccc1N. The molecule has 1 unspecified atom stereocenters. The van der Waals surface area contributed by atoms with E-state index in [0.717, 1.165) is 5.69 Å². The molecule has 0 bridgehead atoms. The Morgan fingerprint density at radius 1 is 1.54 bits per heavy atom. The molecule has 1 rings (SSSR count). The molecule has 4 heteroatoms. The molecule has 3 N–H and O–H groups in total. The van der Waals surface area contributed by atoms with Crippen LogP contribution in [-0.2, 0) is 27.7 Å². The van der Waals surface area contributed by atoms with Crippen LogP contribution in [0.1, 0.15) is 6.92 Å². The van der Waals surface area contributed by atoms with Crippen LogP contribution in [0.5, 0.6) is 0 Å². The molecule has 0 saturated heterocycles. The van der Waals surface area contributed by atoms with Gasteiger partial charge in [-0.2, -0.15) is 0 Å². The summed E-state index contributed by atoms with van der Waals surface area (Å²) in [5.74, 6) is 0. The topological polar surface area (TPSA) is 55.5 Å². The van der Waals surface area contributed by atoms with Crippen molar-refractivity contribution >= 4 is 8.76 Å². The molecule has 0 amide bonds. The Labute approximate surface area is 91.0 Å². The van der Waals surface area contributed by atoms with E-state index in [2.05, 4.69) is 0 Å². The van der Waals surface area contributed by atoms with Gasteiger partial charge in [-0.15, -0.1) is 0 Å². The molecule has 3 nitrogen and oxygen atoms in total. The normalized spacial score (nSPS) is 12.2. The third-order valence-corrected chi connectivity index (χ3v) is 7.09. The van der Waals surface area contributed by atoms with Gasteiger partial charge in [0.15, 0.2) is 0 Å². The second-order valence-corrected chi connectivity index (χ2v) is 8.73. The molecule has 1 aromatic carbocycles. The van der Waals surface area contributed by atoms with Gasteiger partial charge in [0.1, 0.15) is 0 Å². The van der Waals surface area contributed by atoms with Crippen molar-refractivity contribution in [3.05, 3.63) is 24.3 Å². The van der Waals surface area contributed by atoms with Gasteiger partial charge in [0.05, 0.1) is 0 Å². The first-order valence-corrected chi connectivity index (χ1v) is 9.28. The number of aliphatic hydroxyl groups is 1. The summed E-state index contributed by atoms with van der Waals surface area (Å²) < 4.78 is 6.64. The maximum absolute atomic E-state index is 8.98. The van der Waals surface area contributed by atoms with Crippen LogP contribution in [0.3, 0.4) is 0 Å². The Bertz CT molecular complexity index is 266. The summed E-state index contributed by atoms with van der Waals surface area (Å²) in [5, 5.41) is 8.98. The van der Waals surface area contributed by atoms with Crippen LogP contribution in [0.2, 0.25) is 0 Å². The Morgan fingerprint density at radius 3 is 2.85 bits per heavy atom. The number of nitrogen functional groups attached to an aromatic ring is 1. The summed E-state index contributed by atoms with van der Waals surface area (Å²) in [4.78, 5) is 0. The number of para-hydroxylation sites is 1. The van der Waals surface area contributed by atoms with Crippen LogP contribution in [0, 0.1) is 0 Å². The van der Waals surface area contributed by atoms with E-state index in [4.69, 9.17) is 13.5 Å². The van der Waals surface area contributed by atoms with Crippen molar-refractivity contribution in [3.63, 3.8) is 0 Å². The first-order chi connectivity index (χ1) is 6.20. The first kappa shape index (κ1) is 11.0. The molecular weight excluding hydrogens is 355 g/mol. The zero-order valence-corrected chi connectivity index (χ0v) is 13.2. The van der Waals surface area contributed by atoms with Crippen LogP contribution in [-0.4, -0.2) is 17.8 Å². The number of hydrogen-bond acceptors (Lipinski definition) is 3. The van der Waals surface area contributed by atoms with Crippen molar-refractivity contribution < 1.29 is 32.8 Å². The van der Waals surface area contributed by atoms with Crippen molar-refractivity contribution in [1.29, 1.82) is 0 Å². The fourth-order valence-electron chi connectivity index (χ4n) is 1.01. The molecule has 0 fully saturated rings. The molecular formula is C9H13HgNO2. The van der Waals surface area contributed by atoms with E-state index in [0.29, 0.717) is 6.61 Å². The second kappa shape index (κ2) is 5.57. The van der Waals surface area contributed by atoms with Gasteiger partial charge >= 0.3 is 91.2 Å². The average Bonchev–Trinajstić information content (AvgIpc) is 2.08. The third-order valence-electron chi connectivity index (χ3n) is 1.67. The van der Waals surface area contributed by atoms with E-state index >= 15 is 0 Å². The monoisotopic (exact) mass is 369 g/mol. The predicted molar refractivity (Wildman–Crippen MR) is 48.1 cm³/mol. The Morgan fingerprint density at radius 2 is 2.23 bits per heavy atom. The predicted octanol–water partition coefficient (Wildman–Crippen LogP) is 0.289. The van der Waals surface area contributed by atoms with Crippen molar-refractivity contribution in [2.45, 2.75) is 13.0 Å². The van der Waals surface area contributed by atoms with Gasteiger partial charge in [-0.1, -0.05) is 0 Å². The Kier molecular flexibility index (Phi) is 4.70. The summed E-state index contributed by atoms with van der Waals surface area (Å²) >= 11 is -1.50. The number of hydrogen-bond donors (Lipinski definition) is 2. The van der Waals surface area contributed by atoms with E-state index in [1.54, 1.807) is 6.92 Å². The van der Waals surface area contributed by atoms with Crippen molar-refractivity contribution in [3.8, 4) is 0 Å². The van der Waals surface area contributed by atoms with Gasteiger partial charge in [0, 0.05) is 0 Å².